The minimum atomic E-state index is -0.699. The molecule has 1 amide bonds. The highest BCUT2D eigenvalue weighted by Crippen LogP contribution is 2.30. The largest absolute Gasteiger partial charge is 0.457 e. The SMILES string of the molecule is C/C=C/C(=O)OC(C)(C)CCc1cc(-c2ccnc(NC(=O)[C@H]3CC[C@@H](OC)CC3)c2)cc(Nc2ccc(F)cc2)n1. The molecule has 1 fully saturated rings. The molecule has 2 N–H and O–H groups in total. The van der Waals surface area contributed by atoms with Gasteiger partial charge >= 0.3 is 5.97 Å². The molecule has 0 radical (unpaired) electrons. The van der Waals surface area contributed by atoms with Crippen LogP contribution in [0.5, 0.6) is 0 Å². The van der Waals surface area contributed by atoms with Gasteiger partial charge in [-0.25, -0.2) is 19.2 Å². The number of benzene rings is 1. The number of esters is 1. The highest BCUT2D eigenvalue weighted by Gasteiger charge is 2.26. The third-order valence-corrected chi connectivity index (χ3v) is 7.38. The number of halogens is 1. The summed E-state index contributed by atoms with van der Waals surface area (Å²) < 4.78 is 24.5. The van der Waals surface area contributed by atoms with Crippen molar-refractivity contribution >= 4 is 29.2 Å². The van der Waals surface area contributed by atoms with Crippen LogP contribution < -0.4 is 10.6 Å². The summed E-state index contributed by atoms with van der Waals surface area (Å²) in [5, 5.41) is 6.25. The van der Waals surface area contributed by atoms with E-state index in [-0.39, 0.29) is 29.7 Å². The van der Waals surface area contributed by atoms with Crippen molar-refractivity contribution in [2.24, 2.45) is 5.92 Å². The molecule has 0 atom stereocenters. The molecule has 1 aromatic carbocycles. The highest BCUT2D eigenvalue weighted by molar-refractivity contribution is 5.92. The van der Waals surface area contributed by atoms with E-state index in [4.69, 9.17) is 14.5 Å². The number of hydrogen-bond acceptors (Lipinski definition) is 7. The fraction of sp³-hybridized carbons (Fsp3) is 0.394. The zero-order chi connectivity index (χ0) is 30.1. The highest BCUT2D eigenvalue weighted by atomic mass is 19.1. The maximum absolute atomic E-state index is 13.5. The summed E-state index contributed by atoms with van der Waals surface area (Å²) in [6, 6.07) is 13.7. The van der Waals surface area contributed by atoms with Gasteiger partial charge in [-0.2, -0.15) is 0 Å². The number of nitrogens with zero attached hydrogens (tertiary/aromatic N) is 2. The lowest BCUT2D eigenvalue weighted by molar-refractivity contribution is -0.150. The van der Waals surface area contributed by atoms with Crippen LogP contribution in [0.2, 0.25) is 0 Å². The molecule has 1 aliphatic rings. The molecule has 9 heteroatoms. The number of carbonyl (C=O) groups is 2. The Morgan fingerprint density at radius 2 is 1.74 bits per heavy atom. The third kappa shape index (κ3) is 8.94. The first kappa shape index (κ1) is 30.8. The molecular weight excluding hydrogens is 535 g/mol. The summed E-state index contributed by atoms with van der Waals surface area (Å²) in [6.45, 7) is 5.51. The molecule has 222 valence electrons. The summed E-state index contributed by atoms with van der Waals surface area (Å²) in [7, 11) is 1.71. The van der Waals surface area contributed by atoms with Crippen molar-refractivity contribution in [2.75, 3.05) is 17.7 Å². The molecule has 1 saturated carbocycles. The molecule has 0 unspecified atom stereocenters. The number of ether oxygens (including phenoxy) is 2. The van der Waals surface area contributed by atoms with Crippen LogP contribution in [-0.4, -0.2) is 40.7 Å². The predicted octanol–water partition coefficient (Wildman–Crippen LogP) is 7.00. The first-order valence-corrected chi connectivity index (χ1v) is 14.3. The van der Waals surface area contributed by atoms with Crippen molar-refractivity contribution in [1.82, 2.24) is 9.97 Å². The minimum Gasteiger partial charge on any atom is -0.457 e. The second-order valence-electron chi connectivity index (χ2n) is 11.2. The maximum atomic E-state index is 13.5. The molecule has 2 aromatic heterocycles. The molecule has 4 rings (SSSR count). The van der Waals surface area contributed by atoms with Gasteiger partial charge in [-0.3, -0.25) is 4.79 Å². The van der Waals surface area contributed by atoms with Gasteiger partial charge < -0.3 is 20.1 Å². The molecule has 2 heterocycles. The van der Waals surface area contributed by atoms with E-state index in [9.17, 15) is 14.0 Å². The first-order valence-electron chi connectivity index (χ1n) is 14.3. The van der Waals surface area contributed by atoms with Gasteiger partial charge in [-0.15, -0.1) is 0 Å². The van der Waals surface area contributed by atoms with Crippen LogP contribution in [0.1, 0.15) is 58.6 Å². The Morgan fingerprint density at radius 3 is 2.43 bits per heavy atom. The van der Waals surface area contributed by atoms with Crippen molar-refractivity contribution in [3.63, 3.8) is 0 Å². The van der Waals surface area contributed by atoms with Crippen molar-refractivity contribution in [3.8, 4) is 11.1 Å². The molecule has 0 spiro atoms. The fourth-order valence-corrected chi connectivity index (χ4v) is 5.02. The lowest BCUT2D eigenvalue weighted by Gasteiger charge is -2.26. The molecule has 8 nitrogen and oxygen atoms in total. The van der Waals surface area contributed by atoms with E-state index in [1.165, 1.54) is 18.2 Å². The predicted molar refractivity (Wildman–Crippen MR) is 162 cm³/mol. The van der Waals surface area contributed by atoms with Crippen LogP contribution in [0.25, 0.3) is 11.1 Å². The zero-order valence-electron chi connectivity index (χ0n) is 24.7. The van der Waals surface area contributed by atoms with E-state index >= 15 is 0 Å². The van der Waals surface area contributed by atoms with Crippen molar-refractivity contribution < 1.29 is 23.5 Å². The van der Waals surface area contributed by atoms with E-state index in [0.29, 0.717) is 30.2 Å². The van der Waals surface area contributed by atoms with Crippen LogP contribution in [0, 0.1) is 11.7 Å². The summed E-state index contributed by atoms with van der Waals surface area (Å²) in [4.78, 5) is 34.2. The summed E-state index contributed by atoms with van der Waals surface area (Å²) >= 11 is 0. The number of aryl methyl sites for hydroxylation is 1. The number of allylic oxidation sites excluding steroid dienone is 1. The standard InChI is InChI=1S/C33H39FN4O4/c1-5-6-31(39)42-33(2,3)17-15-27-19-24(21-30(37-27)36-26-11-9-25(34)10-12-26)23-16-18-35-29(20-23)38-32(40)22-7-13-28(41-4)14-8-22/h5-6,9-12,16,18-22,28H,7-8,13-15,17H2,1-4H3,(H,36,37)(H,35,38,40)/b6-5+/t22-,28+. The normalized spacial score (nSPS) is 17.2. The molecule has 42 heavy (non-hydrogen) atoms. The molecule has 0 bridgehead atoms. The number of methoxy groups -OCH3 is 1. The quantitative estimate of drug-likeness (QED) is 0.188. The van der Waals surface area contributed by atoms with E-state index in [1.807, 2.05) is 38.1 Å². The van der Waals surface area contributed by atoms with Crippen molar-refractivity contribution in [3.05, 3.63) is 78.4 Å². The van der Waals surface area contributed by atoms with Gasteiger partial charge in [0.25, 0.3) is 0 Å². The van der Waals surface area contributed by atoms with Gasteiger partial charge in [0.05, 0.1) is 6.10 Å². The summed E-state index contributed by atoms with van der Waals surface area (Å²) in [5.74, 6) is 0.255. The zero-order valence-corrected chi connectivity index (χ0v) is 24.7. The number of hydrogen-bond donors (Lipinski definition) is 2. The molecular formula is C33H39FN4O4. The van der Waals surface area contributed by atoms with Crippen LogP contribution in [0.15, 0.2) is 66.9 Å². The monoisotopic (exact) mass is 574 g/mol. The Kier molecular flexibility index (Phi) is 10.4. The topological polar surface area (TPSA) is 102 Å². The van der Waals surface area contributed by atoms with Crippen LogP contribution in [0.3, 0.4) is 0 Å². The average Bonchev–Trinajstić information content (AvgIpc) is 2.97. The Hall–Kier alpha value is -4.11. The third-order valence-electron chi connectivity index (χ3n) is 7.38. The molecule has 0 aliphatic heterocycles. The molecule has 1 aliphatic carbocycles. The van der Waals surface area contributed by atoms with E-state index in [0.717, 1.165) is 42.5 Å². The van der Waals surface area contributed by atoms with Gasteiger partial charge in [0.2, 0.25) is 5.91 Å². The number of anilines is 3. The lowest BCUT2D eigenvalue weighted by Crippen LogP contribution is -2.29. The number of pyridine rings is 2. The number of rotatable bonds is 11. The van der Waals surface area contributed by atoms with Gasteiger partial charge in [0.1, 0.15) is 23.1 Å². The molecule has 0 saturated heterocycles. The Balaban J connectivity index is 1.55. The molecule has 3 aromatic rings. The average molecular weight is 575 g/mol. The fourth-order valence-electron chi connectivity index (χ4n) is 5.02. The lowest BCUT2D eigenvalue weighted by atomic mass is 9.87. The van der Waals surface area contributed by atoms with E-state index < -0.39 is 5.60 Å². The minimum absolute atomic E-state index is 0.0296. The van der Waals surface area contributed by atoms with Crippen LogP contribution in [-0.2, 0) is 25.5 Å². The van der Waals surface area contributed by atoms with Gasteiger partial charge in [0, 0.05) is 36.7 Å². The first-order chi connectivity index (χ1) is 20.1. The number of amides is 1. The van der Waals surface area contributed by atoms with E-state index in [2.05, 4.69) is 15.6 Å². The Bertz CT molecular complexity index is 1400. The number of carbonyl (C=O) groups excluding carboxylic acids is 2. The van der Waals surface area contributed by atoms with Crippen molar-refractivity contribution in [2.45, 2.75) is 71.0 Å². The van der Waals surface area contributed by atoms with Crippen LogP contribution >= 0.6 is 0 Å². The summed E-state index contributed by atoms with van der Waals surface area (Å²) in [6.07, 6.45) is 9.35. The number of nitrogens with one attached hydrogen (secondary N) is 2. The maximum Gasteiger partial charge on any atom is 0.330 e. The second kappa shape index (κ2) is 14.2. The Morgan fingerprint density at radius 1 is 1.02 bits per heavy atom. The summed E-state index contributed by atoms with van der Waals surface area (Å²) in [5.41, 5.74) is 2.50. The number of aromatic nitrogens is 2. The van der Waals surface area contributed by atoms with E-state index in [1.54, 1.807) is 38.4 Å². The Labute approximate surface area is 246 Å². The van der Waals surface area contributed by atoms with Crippen LogP contribution in [0.4, 0.5) is 21.7 Å². The smallest absolute Gasteiger partial charge is 0.330 e. The van der Waals surface area contributed by atoms with Gasteiger partial charge in [-0.1, -0.05) is 6.08 Å². The van der Waals surface area contributed by atoms with Crippen molar-refractivity contribution in [1.29, 1.82) is 0 Å². The van der Waals surface area contributed by atoms with Gasteiger partial charge in [-0.05, 0) is 119 Å². The second-order valence-corrected chi connectivity index (χ2v) is 11.2. The van der Waals surface area contributed by atoms with Gasteiger partial charge in [0.15, 0.2) is 0 Å².